The van der Waals surface area contributed by atoms with E-state index in [4.69, 9.17) is 0 Å². The minimum absolute atomic E-state index is 0.00632. The number of thiazole rings is 1. The second-order valence-electron chi connectivity index (χ2n) is 6.58. The highest BCUT2D eigenvalue weighted by molar-refractivity contribution is 7.22. The van der Waals surface area contributed by atoms with Gasteiger partial charge in [-0.2, -0.15) is 5.10 Å². The Hall–Kier alpha value is -2.45. The standard InChI is InChI=1S/C18H22N6OS/c1-12-17(13(2)22-21-12)24-9-7-23(8-10-24)11-16(25)20-18-19-14-5-3-4-6-15(14)26-18/h3-6H,7-11H2,1-2H3,(H,21,22)(H,19,20,25). The van der Waals surface area contributed by atoms with Crippen LogP contribution in [0.5, 0.6) is 0 Å². The zero-order chi connectivity index (χ0) is 18.1. The van der Waals surface area contributed by atoms with E-state index < -0.39 is 0 Å². The van der Waals surface area contributed by atoms with Crippen LogP contribution in [0.2, 0.25) is 0 Å². The summed E-state index contributed by atoms with van der Waals surface area (Å²) < 4.78 is 1.09. The Morgan fingerprint density at radius 2 is 2.00 bits per heavy atom. The summed E-state index contributed by atoms with van der Waals surface area (Å²) in [6.45, 7) is 7.98. The Morgan fingerprint density at radius 1 is 1.23 bits per heavy atom. The van der Waals surface area contributed by atoms with E-state index in [2.05, 4.69) is 30.3 Å². The van der Waals surface area contributed by atoms with Crippen molar-refractivity contribution in [2.45, 2.75) is 13.8 Å². The van der Waals surface area contributed by atoms with E-state index in [0.29, 0.717) is 11.7 Å². The number of fused-ring (bicyclic) bond motifs is 1. The van der Waals surface area contributed by atoms with E-state index in [1.807, 2.05) is 38.1 Å². The number of aromatic nitrogens is 3. The number of carbonyl (C=O) groups is 1. The molecule has 0 atom stereocenters. The summed E-state index contributed by atoms with van der Waals surface area (Å²) in [5, 5.41) is 10.9. The van der Waals surface area contributed by atoms with Crippen LogP contribution < -0.4 is 10.2 Å². The molecule has 0 spiro atoms. The highest BCUT2D eigenvalue weighted by Gasteiger charge is 2.22. The van der Waals surface area contributed by atoms with Crippen LogP contribution in [0.4, 0.5) is 10.8 Å². The first-order valence-electron chi connectivity index (χ1n) is 8.74. The van der Waals surface area contributed by atoms with Crippen LogP contribution in [-0.4, -0.2) is 58.7 Å². The van der Waals surface area contributed by atoms with Gasteiger partial charge in [-0.3, -0.25) is 14.8 Å². The predicted octanol–water partition coefficient (Wildman–Crippen LogP) is 2.40. The molecule has 0 aliphatic carbocycles. The first kappa shape index (κ1) is 17.0. The summed E-state index contributed by atoms with van der Waals surface area (Å²) in [4.78, 5) is 21.3. The minimum atomic E-state index is -0.00632. The second-order valence-corrected chi connectivity index (χ2v) is 7.61. The van der Waals surface area contributed by atoms with E-state index in [-0.39, 0.29) is 5.91 Å². The molecule has 4 rings (SSSR count). The number of amides is 1. The van der Waals surface area contributed by atoms with E-state index >= 15 is 0 Å². The van der Waals surface area contributed by atoms with Crippen molar-refractivity contribution in [1.29, 1.82) is 0 Å². The first-order valence-corrected chi connectivity index (χ1v) is 9.56. The van der Waals surface area contributed by atoms with E-state index in [9.17, 15) is 4.79 Å². The molecule has 3 heterocycles. The number of para-hydroxylation sites is 1. The van der Waals surface area contributed by atoms with Gasteiger partial charge < -0.3 is 10.2 Å². The van der Waals surface area contributed by atoms with Gasteiger partial charge >= 0.3 is 0 Å². The van der Waals surface area contributed by atoms with Crippen molar-refractivity contribution < 1.29 is 4.79 Å². The molecule has 1 amide bonds. The SMILES string of the molecule is Cc1n[nH]c(C)c1N1CCN(CC(=O)Nc2nc3ccccc3s2)CC1. The molecule has 0 unspecified atom stereocenters. The number of anilines is 2. The Balaban J connectivity index is 1.32. The lowest BCUT2D eigenvalue weighted by atomic mass is 10.2. The predicted molar refractivity (Wildman–Crippen MR) is 105 cm³/mol. The average molecular weight is 370 g/mol. The van der Waals surface area contributed by atoms with Crippen molar-refractivity contribution in [1.82, 2.24) is 20.1 Å². The van der Waals surface area contributed by atoms with Crippen molar-refractivity contribution >= 4 is 38.3 Å². The monoisotopic (exact) mass is 370 g/mol. The Kier molecular flexibility index (Phi) is 4.60. The quantitative estimate of drug-likeness (QED) is 0.737. The van der Waals surface area contributed by atoms with Gasteiger partial charge in [0.2, 0.25) is 5.91 Å². The van der Waals surface area contributed by atoms with Crippen LogP contribution in [0, 0.1) is 13.8 Å². The molecule has 8 heteroatoms. The summed E-state index contributed by atoms with van der Waals surface area (Å²) in [6, 6.07) is 7.91. The number of nitrogens with zero attached hydrogens (tertiary/aromatic N) is 4. The van der Waals surface area contributed by atoms with Crippen molar-refractivity contribution in [3.8, 4) is 0 Å². The van der Waals surface area contributed by atoms with Crippen LogP contribution in [0.1, 0.15) is 11.4 Å². The number of carbonyl (C=O) groups excluding carboxylic acids is 1. The molecule has 1 aliphatic heterocycles. The second kappa shape index (κ2) is 7.05. The highest BCUT2D eigenvalue weighted by Crippen LogP contribution is 2.25. The van der Waals surface area contributed by atoms with E-state index in [1.54, 1.807) is 0 Å². The summed E-state index contributed by atoms with van der Waals surface area (Å²) >= 11 is 1.51. The number of hydrogen-bond donors (Lipinski definition) is 2. The molecule has 0 radical (unpaired) electrons. The topological polar surface area (TPSA) is 77.2 Å². The molecule has 1 fully saturated rings. The maximum Gasteiger partial charge on any atom is 0.240 e. The smallest absolute Gasteiger partial charge is 0.240 e. The molecule has 0 saturated carbocycles. The number of H-pyrrole nitrogens is 1. The Bertz CT molecular complexity index is 872. The van der Waals surface area contributed by atoms with Crippen molar-refractivity contribution in [3.05, 3.63) is 35.7 Å². The maximum atomic E-state index is 12.4. The molecule has 26 heavy (non-hydrogen) atoms. The lowest BCUT2D eigenvalue weighted by molar-refractivity contribution is -0.117. The molecule has 1 saturated heterocycles. The lowest BCUT2D eigenvalue weighted by Gasteiger charge is -2.35. The van der Waals surface area contributed by atoms with Crippen LogP contribution in [0.25, 0.3) is 10.2 Å². The number of aromatic amines is 1. The van der Waals surface area contributed by atoms with Crippen LogP contribution in [0.3, 0.4) is 0 Å². The number of piperazine rings is 1. The number of nitrogens with one attached hydrogen (secondary N) is 2. The van der Waals surface area contributed by atoms with Crippen LogP contribution in [-0.2, 0) is 4.79 Å². The van der Waals surface area contributed by atoms with Crippen molar-refractivity contribution in [3.63, 3.8) is 0 Å². The molecular weight excluding hydrogens is 348 g/mol. The van der Waals surface area contributed by atoms with E-state index in [1.165, 1.54) is 17.0 Å². The largest absolute Gasteiger partial charge is 0.366 e. The fourth-order valence-corrected chi connectivity index (χ4v) is 4.31. The molecule has 0 bridgehead atoms. The number of rotatable bonds is 4. The average Bonchev–Trinajstić information content (AvgIpc) is 3.18. The molecule has 2 N–H and O–H groups in total. The highest BCUT2D eigenvalue weighted by atomic mass is 32.1. The number of hydrogen-bond acceptors (Lipinski definition) is 6. The summed E-state index contributed by atoms with van der Waals surface area (Å²) in [7, 11) is 0. The zero-order valence-electron chi connectivity index (χ0n) is 15.0. The van der Waals surface area contributed by atoms with Gasteiger partial charge in [0.25, 0.3) is 0 Å². The molecule has 1 aliphatic rings. The van der Waals surface area contributed by atoms with E-state index in [0.717, 1.165) is 47.8 Å². The first-order chi connectivity index (χ1) is 12.6. The Morgan fingerprint density at radius 3 is 2.69 bits per heavy atom. The summed E-state index contributed by atoms with van der Waals surface area (Å²) in [6.07, 6.45) is 0. The van der Waals surface area contributed by atoms with Crippen LogP contribution in [0.15, 0.2) is 24.3 Å². The Labute approximate surface area is 156 Å². The third kappa shape index (κ3) is 3.42. The van der Waals surface area contributed by atoms with Crippen molar-refractivity contribution in [2.24, 2.45) is 0 Å². The molecule has 136 valence electrons. The third-order valence-electron chi connectivity index (χ3n) is 4.69. The maximum absolute atomic E-state index is 12.4. The fourth-order valence-electron chi connectivity index (χ4n) is 3.43. The fraction of sp³-hybridized carbons (Fsp3) is 0.389. The molecule has 3 aromatic rings. The van der Waals surface area contributed by atoms with Gasteiger partial charge in [0.05, 0.1) is 33.8 Å². The van der Waals surface area contributed by atoms with Gasteiger partial charge in [-0.1, -0.05) is 23.5 Å². The molecule has 2 aromatic heterocycles. The lowest BCUT2D eigenvalue weighted by Crippen LogP contribution is -2.49. The van der Waals surface area contributed by atoms with Gasteiger partial charge in [0.15, 0.2) is 5.13 Å². The van der Waals surface area contributed by atoms with Gasteiger partial charge in [-0.25, -0.2) is 4.98 Å². The summed E-state index contributed by atoms with van der Waals surface area (Å²) in [5.41, 5.74) is 4.25. The molecule has 7 nitrogen and oxygen atoms in total. The van der Waals surface area contributed by atoms with Crippen LogP contribution >= 0.6 is 11.3 Å². The number of benzene rings is 1. The van der Waals surface area contributed by atoms with Gasteiger partial charge in [-0.05, 0) is 26.0 Å². The zero-order valence-corrected chi connectivity index (χ0v) is 15.8. The summed E-state index contributed by atoms with van der Waals surface area (Å²) in [5.74, 6) is -0.00632. The molecule has 1 aromatic carbocycles. The van der Waals surface area contributed by atoms with Gasteiger partial charge in [0.1, 0.15) is 0 Å². The third-order valence-corrected chi connectivity index (χ3v) is 5.64. The minimum Gasteiger partial charge on any atom is -0.366 e. The normalized spacial score (nSPS) is 15.5. The molecular formula is C18H22N6OS. The number of aryl methyl sites for hydroxylation is 2. The van der Waals surface area contributed by atoms with Gasteiger partial charge in [-0.15, -0.1) is 0 Å². The van der Waals surface area contributed by atoms with Crippen molar-refractivity contribution in [2.75, 3.05) is 42.9 Å². The van der Waals surface area contributed by atoms with Gasteiger partial charge in [0, 0.05) is 26.2 Å².